The summed E-state index contributed by atoms with van der Waals surface area (Å²) in [6.07, 6.45) is 2.03. The van der Waals surface area contributed by atoms with Crippen LogP contribution in [0.4, 0.5) is 0 Å². The van der Waals surface area contributed by atoms with Crippen LogP contribution in [-0.2, 0) is 19.6 Å². The lowest BCUT2D eigenvalue weighted by atomic mass is 9.95. The van der Waals surface area contributed by atoms with Gasteiger partial charge in [-0.2, -0.15) is 0 Å². The lowest BCUT2D eigenvalue weighted by Crippen LogP contribution is -2.48. The van der Waals surface area contributed by atoms with Crippen molar-refractivity contribution in [1.82, 2.24) is 4.31 Å². The van der Waals surface area contributed by atoms with Gasteiger partial charge in [0, 0.05) is 12.7 Å². The van der Waals surface area contributed by atoms with E-state index in [9.17, 15) is 13.2 Å². The Morgan fingerprint density at radius 3 is 1.82 bits per heavy atom. The number of ether oxygens (including phenoxy) is 1. The Balaban J connectivity index is 2.42. The van der Waals surface area contributed by atoms with Crippen molar-refractivity contribution in [2.24, 2.45) is 5.41 Å². The summed E-state index contributed by atoms with van der Waals surface area (Å²) >= 11 is 0. The largest absolute Gasteiger partial charge is 0.430 e. The van der Waals surface area contributed by atoms with Gasteiger partial charge >= 0.3 is 5.97 Å². The molecule has 2 aromatic carbocycles. The van der Waals surface area contributed by atoms with Crippen LogP contribution in [-0.4, -0.2) is 33.8 Å². The third kappa shape index (κ3) is 5.73. The Kier molecular flexibility index (Phi) is 9.32. The van der Waals surface area contributed by atoms with Crippen molar-refractivity contribution < 1.29 is 17.9 Å². The van der Waals surface area contributed by atoms with Gasteiger partial charge in [0.25, 0.3) is 10.0 Å². The molecule has 7 heteroatoms. The molecular weight excluding hydrogens is 535 g/mol. The number of rotatable bonds is 9. The van der Waals surface area contributed by atoms with E-state index in [-0.39, 0.29) is 10.9 Å². The summed E-state index contributed by atoms with van der Waals surface area (Å²) in [6, 6.07) is 16.8. The van der Waals surface area contributed by atoms with Crippen molar-refractivity contribution >= 4 is 24.1 Å². The Hall–Kier alpha value is -2.64. The lowest BCUT2D eigenvalue weighted by Gasteiger charge is -2.45. The van der Waals surface area contributed by atoms with E-state index in [1.54, 1.807) is 19.2 Å². The number of sulfonamides is 1. The standard InChI is InChI=1S/C33H47NO4SSi/c1-22(2)40(23(3)4,24(5)6)29-21-28(38-32(35)33(8,9)10)30(26-15-13-12-14-16-26)31(29)34(11)39(36,37)27-19-17-25(7)18-20-27/h12-24,30H,1-11H3. The number of esters is 1. The number of carbonyl (C=O) groups excluding carboxylic acids is 1. The molecule has 0 spiro atoms. The highest BCUT2D eigenvalue weighted by Gasteiger charge is 2.52. The first-order valence-electron chi connectivity index (χ1n) is 14.3. The molecule has 0 bridgehead atoms. The molecule has 5 nitrogen and oxygen atoms in total. The van der Waals surface area contributed by atoms with Gasteiger partial charge in [0.15, 0.2) is 0 Å². The Morgan fingerprint density at radius 1 is 0.875 bits per heavy atom. The van der Waals surface area contributed by atoms with Crippen LogP contribution < -0.4 is 0 Å². The molecule has 1 aliphatic carbocycles. The molecule has 2 aromatic rings. The molecule has 0 aliphatic heterocycles. The van der Waals surface area contributed by atoms with Crippen LogP contribution in [0.15, 0.2) is 82.2 Å². The maximum atomic E-state index is 14.3. The van der Waals surface area contributed by atoms with Gasteiger partial charge in [-0.1, -0.05) is 89.6 Å². The van der Waals surface area contributed by atoms with Gasteiger partial charge in [-0.25, -0.2) is 8.42 Å². The third-order valence-electron chi connectivity index (χ3n) is 8.43. The summed E-state index contributed by atoms with van der Waals surface area (Å²) < 4.78 is 36.2. The molecule has 218 valence electrons. The fourth-order valence-corrected chi connectivity index (χ4v) is 14.9. The van der Waals surface area contributed by atoms with Crippen molar-refractivity contribution in [2.75, 3.05) is 7.05 Å². The predicted molar refractivity (Wildman–Crippen MR) is 167 cm³/mol. The van der Waals surface area contributed by atoms with Gasteiger partial charge in [0.1, 0.15) is 5.76 Å². The second kappa shape index (κ2) is 11.7. The van der Waals surface area contributed by atoms with Gasteiger partial charge < -0.3 is 4.74 Å². The van der Waals surface area contributed by atoms with Crippen LogP contribution in [0.2, 0.25) is 16.6 Å². The second-order valence-electron chi connectivity index (χ2n) is 13.0. The van der Waals surface area contributed by atoms with Crippen molar-refractivity contribution in [3.05, 3.63) is 88.5 Å². The minimum atomic E-state index is -3.91. The number of allylic oxidation sites excluding steroid dienone is 2. The predicted octanol–water partition coefficient (Wildman–Crippen LogP) is 8.36. The van der Waals surface area contributed by atoms with E-state index in [1.807, 2.05) is 76.2 Å². The average Bonchev–Trinajstić information content (AvgIpc) is 3.22. The first-order chi connectivity index (χ1) is 18.5. The van der Waals surface area contributed by atoms with E-state index >= 15 is 0 Å². The molecule has 0 fully saturated rings. The van der Waals surface area contributed by atoms with Crippen molar-refractivity contribution in [2.45, 2.75) is 96.7 Å². The zero-order chi connectivity index (χ0) is 30.2. The van der Waals surface area contributed by atoms with Gasteiger partial charge in [0.2, 0.25) is 0 Å². The topological polar surface area (TPSA) is 63.7 Å². The molecule has 1 aliphatic rings. The maximum Gasteiger partial charge on any atom is 0.316 e. The van der Waals surface area contributed by atoms with E-state index in [1.165, 1.54) is 4.31 Å². The zero-order valence-corrected chi connectivity index (χ0v) is 27.9. The van der Waals surface area contributed by atoms with E-state index < -0.39 is 29.4 Å². The smallest absolute Gasteiger partial charge is 0.316 e. The number of hydrogen-bond acceptors (Lipinski definition) is 4. The molecule has 0 N–H and O–H groups in total. The van der Waals surface area contributed by atoms with Gasteiger partial charge in [0.05, 0.1) is 24.3 Å². The molecule has 40 heavy (non-hydrogen) atoms. The molecule has 0 saturated heterocycles. The van der Waals surface area contributed by atoms with E-state index in [0.29, 0.717) is 28.1 Å². The quantitative estimate of drug-likeness (QED) is 0.220. The lowest BCUT2D eigenvalue weighted by molar-refractivity contribution is -0.148. The molecule has 1 atom stereocenters. The summed E-state index contributed by atoms with van der Waals surface area (Å²) in [5, 5.41) is 1.05. The normalized spacial score (nSPS) is 16.6. The molecule has 0 heterocycles. The molecule has 0 saturated carbocycles. The van der Waals surface area contributed by atoms with Crippen molar-refractivity contribution in [3.63, 3.8) is 0 Å². The summed E-state index contributed by atoms with van der Waals surface area (Å²) in [4.78, 5) is 13.5. The molecule has 0 aromatic heterocycles. The maximum absolute atomic E-state index is 14.3. The van der Waals surface area contributed by atoms with Gasteiger partial charge in [-0.3, -0.25) is 9.10 Å². The summed E-state index contributed by atoms with van der Waals surface area (Å²) in [6.45, 7) is 21.0. The van der Waals surface area contributed by atoms with Crippen molar-refractivity contribution in [1.29, 1.82) is 0 Å². The number of hydrogen-bond donors (Lipinski definition) is 0. The highest BCUT2D eigenvalue weighted by molar-refractivity contribution is 7.89. The van der Waals surface area contributed by atoms with Crippen LogP contribution in [0.5, 0.6) is 0 Å². The highest BCUT2D eigenvalue weighted by Crippen LogP contribution is 2.54. The number of aryl methyl sites for hydroxylation is 1. The van der Waals surface area contributed by atoms with Gasteiger partial charge in [-0.15, -0.1) is 0 Å². The zero-order valence-electron chi connectivity index (χ0n) is 26.1. The molecule has 0 radical (unpaired) electrons. The highest BCUT2D eigenvalue weighted by atomic mass is 32.2. The third-order valence-corrected chi connectivity index (χ3v) is 17.3. The molecule has 0 amide bonds. The van der Waals surface area contributed by atoms with E-state index in [0.717, 1.165) is 16.3 Å². The van der Waals surface area contributed by atoms with Gasteiger partial charge in [-0.05, 0) is 73.3 Å². The van der Waals surface area contributed by atoms with Crippen molar-refractivity contribution in [3.8, 4) is 0 Å². The number of benzene rings is 2. The summed E-state index contributed by atoms with van der Waals surface area (Å²) in [7, 11) is -4.67. The second-order valence-corrected chi connectivity index (χ2v) is 20.8. The SMILES string of the molecule is Cc1ccc(S(=O)(=O)N(C)C2=C([Si](C(C)C)(C(C)C)C(C)C)C=C(OC(=O)C(C)(C)C)C2c2ccccc2)cc1. The molecule has 3 rings (SSSR count). The fourth-order valence-electron chi connectivity index (χ4n) is 6.54. The number of likely N-dealkylation sites (N-methyl/N-ethyl adjacent to an activating group) is 1. The van der Waals surface area contributed by atoms with Crippen LogP contribution in [0.25, 0.3) is 0 Å². The van der Waals surface area contributed by atoms with Crippen LogP contribution >= 0.6 is 0 Å². The fraction of sp³-hybridized carbons (Fsp3) is 0.485. The average molecular weight is 582 g/mol. The van der Waals surface area contributed by atoms with E-state index in [2.05, 4.69) is 41.5 Å². The summed E-state index contributed by atoms with van der Waals surface area (Å²) in [5.74, 6) is -0.369. The molecule has 1 unspecified atom stereocenters. The summed E-state index contributed by atoms with van der Waals surface area (Å²) in [5.41, 5.74) is 2.83. The van der Waals surface area contributed by atoms with Crippen LogP contribution in [0, 0.1) is 12.3 Å². The first-order valence-corrected chi connectivity index (χ1v) is 17.9. The Labute approximate surface area is 243 Å². The first kappa shape index (κ1) is 31.9. The minimum absolute atomic E-state index is 0.241. The van der Waals surface area contributed by atoms with E-state index in [4.69, 9.17) is 4.74 Å². The monoisotopic (exact) mass is 581 g/mol. The Bertz CT molecular complexity index is 1360. The Morgan fingerprint density at radius 2 is 1.38 bits per heavy atom. The number of carbonyl (C=O) groups is 1. The number of nitrogens with zero attached hydrogens (tertiary/aromatic N) is 1. The van der Waals surface area contributed by atoms with Crippen LogP contribution in [0.1, 0.15) is 79.4 Å². The minimum Gasteiger partial charge on any atom is -0.430 e. The van der Waals surface area contributed by atoms with Crippen LogP contribution in [0.3, 0.4) is 0 Å². The molecular formula is C33H47NO4SSi.